The molecule has 0 amide bonds. The summed E-state index contributed by atoms with van der Waals surface area (Å²) in [5, 5.41) is 15.1. The van der Waals surface area contributed by atoms with Gasteiger partial charge in [-0.3, -0.25) is 0 Å². The van der Waals surface area contributed by atoms with E-state index in [1.807, 2.05) is 36.4 Å². The molecule has 7 nitrogen and oxygen atoms in total. The lowest BCUT2D eigenvalue weighted by Gasteiger charge is -2.15. The number of hydrogen-bond acceptors (Lipinski definition) is 6. The van der Waals surface area contributed by atoms with Crippen LogP contribution < -0.4 is 14.8 Å². The Labute approximate surface area is 164 Å². The third-order valence-electron chi connectivity index (χ3n) is 3.66. The van der Waals surface area contributed by atoms with E-state index in [1.165, 1.54) is 0 Å². The molecule has 1 N–H and O–H groups in total. The van der Waals surface area contributed by atoms with Crippen LogP contribution >= 0.6 is 27.5 Å². The number of nitrogens with one attached hydrogen (secondary N) is 1. The van der Waals surface area contributed by atoms with Crippen LogP contribution in [0.5, 0.6) is 11.5 Å². The normalized spacial score (nSPS) is 10.6. The van der Waals surface area contributed by atoms with Gasteiger partial charge in [-0.05, 0) is 61.7 Å². The van der Waals surface area contributed by atoms with E-state index in [2.05, 4.69) is 36.8 Å². The molecule has 0 aliphatic heterocycles. The molecule has 0 unspecified atom stereocenters. The van der Waals surface area contributed by atoms with Gasteiger partial charge in [0.1, 0.15) is 6.61 Å². The van der Waals surface area contributed by atoms with Crippen molar-refractivity contribution in [1.29, 1.82) is 0 Å². The number of anilines is 1. The summed E-state index contributed by atoms with van der Waals surface area (Å²) < 4.78 is 13.8. The highest BCUT2D eigenvalue weighted by Gasteiger charge is 2.13. The van der Waals surface area contributed by atoms with Crippen LogP contribution in [0.3, 0.4) is 0 Å². The average Bonchev–Trinajstić information content (AvgIpc) is 3.05. The maximum Gasteiger partial charge on any atom is 0.242 e. The van der Waals surface area contributed by atoms with E-state index in [0.29, 0.717) is 35.6 Å². The van der Waals surface area contributed by atoms with Crippen molar-refractivity contribution in [3.63, 3.8) is 0 Å². The van der Waals surface area contributed by atoms with E-state index >= 15 is 0 Å². The molecule has 1 heterocycles. The van der Waals surface area contributed by atoms with Gasteiger partial charge in [0, 0.05) is 18.6 Å². The first-order chi connectivity index (χ1) is 12.6. The van der Waals surface area contributed by atoms with Crippen LogP contribution in [-0.2, 0) is 20.2 Å². The number of tetrazole rings is 1. The van der Waals surface area contributed by atoms with Crippen LogP contribution in [0.4, 0.5) is 5.95 Å². The van der Waals surface area contributed by atoms with Crippen molar-refractivity contribution in [2.45, 2.75) is 13.2 Å². The van der Waals surface area contributed by atoms with E-state index in [0.717, 1.165) is 15.6 Å². The Kier molecular flexibility index (Phi) is 5.95. The Hall–Kier alpha value is -2.32. The van der Waals surface area contributed by atoms with E-state index in [-0.39, 0.29) is 0 Å². The van der Waals surface area contributed by atoms with Crippen molar-refractivity contribution in [3.05, 3.63) is 57.0 Å². The molecular weight excluding hydrogens is 422 g/mol. The second-order valence-electron chi connectivity index (χ2n) is 5.50. The highest BCUT2D eigenvalue weighted by atomic mass is 79.9. The number of methoxy groups -OCH3 is 1. The number of halogens is 2. The molecule has 0 fully saturated rings. The largest absolute Gasteiger partial charge is 0.493 e. The van der Waals surface area contributed by atoms with Gasteiger partial charge in [-0.1, -0.05) is 28.8 Å². The monoisotopic (exact) mass is 437 g/mol. The van der Waals surface area contributed by atoms with Crippen LogP contribution in [0.15, 0.2) is 40.9 Å². The minimum Gasteiger partial charge on any atom is -0.493 e. The van der Waals surface area contributed by atoms with Crippen molar-refractivity contribution in [1.82, 2.24) is 20.2 Å². The minimum absolute atomic E-state index is 0.411. The Bertz CT molecular complexity index is 885. The second kappa shape index (κ2) is 8.37. The van der Waals surface area contributed by atoms with Gasteiger partial charge in [0.05, 0.1) is 11.6 Å². The first-order valence-corrected chi connectivity index (χ1v) is 8.94. The molecule has 0 radical (unpaired) electrons. The molecular formula is C17H17BrClN5O2. The number of rotatable bonds is 7. The van der Waals surface area contributed by atoms with Gasteiger partial charge in [0.25, 0.3) is 0 Å². The summed E-state index contributed by atoms with van der Waals surface area (Å²) in [4.78, 5) is 0. The minimum atomic E-state index is 0.411. The van der Waals surface area contributed by atoms with Crippen LogP contribution in [0.2, 0.25) is 5.02 Å². The van der Waals surface area contributed by atoms with Crippen LogP contribution in [-0.4, -0.2) is 27.3 Å². The smallest absolute Gasteiger partial charge is 0.242 e. The Morgan fingerprint density at radius 2 is 1.96 bits per heavy atom. The first-order valence-electron chi connectivity index (χ1n) is 7.76. The van der Waals surface area contributed by atoms with E-state index in [1.54, 1.807) is 18.8 Å². The van der Waals surface area contributed by atoms with Crippen molar-refractivity contribution >= 4 is 33.5 Å². The third kappa shape index (κ3) is 4.44. The molecule has 0 saturated carbocycles. The molecule has 0 spiro atoms. The van der Waals surface area contributed by atoms with Crippen LogP contribution in [0, 0.1) is 0 Å². The maximum absolute atomic E-state index is 5.94. The van der Waals surface area contributed by atoms with Crippen molar-refractivity contribution in [2.75, 3.05) is 12.4 Å². The van der Waals surface area contributed by atoms with Crippen molar-refractivity contribution in [3.8, 4) is 11.5 Å². The van der Waals surface area contributed by atoms with Crippen molar-refractivity contribution in [2.24, 2.45) is 7.05 Å². The Balaban J connectivity index is 1.72. The molecule has 0 saturated heterocycles. The topological polar surface area (TPSA) is 74.1 Å². The van der Waals surface area contributed by atoms with Gasteiger partial charge in [-0.15, -0.1) is 0 Å². The highest BCUT2D eigenvalue weighted by molar-refractivity contribution is 9.10. The van der Waals surface area contributed by atoms with Gasteiger partial charge >= 0.3 is 0 Å². The number of hydrogen-bond donors (Lipinski definition) is 1. The number of nitrogens with zero attached hydrogens (tertiary/aromatic N) is 4. The summed E-state index contributed by atoms with van der Waals surface area (Å²) in [6.45, 7) is 0.953. The summed E-state index contributed by atoms with van der Waals surface area (Å²) >= 11 is 9.47. The lowest BCUT2D eigenvalue weighted by atomic mass is 10.2. The number of aromatic nitrogens is 4. The average molecular weight is 439 g/mol. The second-order valence-corrected chi connectivity index (χ2v) is 6.79. The molecule has 9 heteroatoms. The molecule has 0 aliphatic carbocycles. The lowest BCUT2D eigenvalue weighted by molar-refractivity contribution is 0.282. The Morgan fingerprint density at radius 1 is 1.19 bits per heavy atom. The van der Waals surface area contributed by atoms with Crippen LogP contribution in [0.1, 0.15) is 11.1 Å². The number of aryl methyl sites for hydroxylation is 1. The summed E-state index contributed by atoms with van der Waals surface area (Å²) in [7, 11) is 3.38. The molecule has 0 aliphatic rings. The molecule has 136 valence electrons. The molecule has 0 atom stereocenters. The van der Waals surface area contributed by atoms with Crippen LogP contribution in [0.25, 0.3) is 0 Å². The van der Waals surface area contributed by atoms with Gasteiger partial charge in [0.2, 0.25) is 5.95 Å². The van der Waals surface area contributed by atoms with E-state index in [9.17, 15) is 0 Å². The van der Waals surface area contributed by atoms with Gasteiger partial charge in [0.15, 0.2) is 11.5 Å². The number of ether oxygens (including phenoxy) is 2. The quantitative estimate of drug-likeness (QED) is 0.604. The van der Waals surface area contributed by atoms with E-state index in [4.69, 9.17) is 21.1 Å². The highest BCUT2D eigenvalue weighted by Crippen LogP contribution is 2.37. The summed E-state index contributed by atoms with van der Waals surface area (Å²) in [5.74, 6) is 1.87. The summed E-state index contributed by atoms with van der Waals surface area (Å²) in [6, 6.07) is 11.4. The SMILES string of the molecule is COc1cc(CNc2nnnn2C)cc(Br)c1OCc1ccc(Cl)cc1. The maximum atomic E-state index is 5.94. The zero-order valence-corrected chi connectivity index (χ0v) is 16.6. The standard InChI is InChI=1S/C17H17BrClN5O2/c1-24-17(21-22-23-24)20-9-12-7-14(18)16(15(8-12)25-2)26-10-11-3-5-13(19)6-4-11/h3-8H,9-10H2,1-2H3,(H,20,21,23). The summed E-state index contributed by atoms with van der Waals surface area (Å²) in [6.07, 6.45) is 0. The fraction of sp³-hybridized carbons (Fsp3) is 0.235. The lowest BCUT2D eigenvalue weighted by Crippen LogP contribution is -2.06. The van der Waals surface area contributed by atoms with Gasteiger partial charge < -0.3 is 14.8 Å². The molecule has 0 bridgehead atoms. The molecule has 3 rings (SSSR count). The van der Waals surface area contributed by atoms with Gasteiger partial charge in [-0.25, -0.2) is 4.68 Å². The van der Waals surface area contributed by atoms with Crippen molar-refractivity contribution < 1.29 is 9.47 Å². The fourth-order valence-corrected chi connectivity index (χ4v) is 3.04. The molecule has 3 aromatic rings. The molecule has 26 heavy (non-hydrogen) atoms. The fourth-order valence-electron chi connectivity index (χ4n) is 2.31. The predicted octanol–water partition coefficient (Wildman–Crippen LogP) is 3.83. The summed E-state index contributed by atoms with van der Waals surface area (Å²) in [5.41, 5.74) is 2.01. The third-order valence-corrected chi connectivity index (χ3v) is 4.50. The van der Waals surface area contributed by atoms with Gasteiger partial charge in [-0.2, -0.15) is 0 Å². The predicted molar refractivity (Wildman–Crippen MR) is 103 cm³/mol. The Morgan fingerprint density at radius 3 is 2.62 bits per heavy atom. The molecule has 1 aromatic heterocycles. The first kappa shape index (κ1) is 18.5. The molecule has 2 aromatic carbocycles. The number of benzene rings is 2. The zero-order chi connectivity index (χ0) is 18.5. The van der Waals surface area contributed by atoms with E-state index < -0.39 is 0 Å². The zero-order valence-electron chi connectivity index (χ0n) is 14.2.